The number of alkyl halides is 2. The summed E-state index contributed by atoms with van der Waals surface area (Å²) in [4.78, 5) is 0. The highest BCUT2D eigenvalue weighted by Crippen LogP contribution is 2.21. The molecular weight excluding hydrogens is 231 g/mol. The molecule has 0 aliphatic rings. The van der Waals surface area contributed by atoms with Crippen molar-refractivity contribution < 1.29 is 4.74 Å². The largest absolute Gasteiger partial charge is 0.494 e. The number of unbranched alkanes of at least 4 members (excludes halogenated alkanes) is 1. The van der Waals surface area contributed by atoms with E-state index in [9.17, 15) is 0 Å². The number of hydrogen-bond donors (Lipinski definition) is 0. The molecule has 1 aromatic carbocycles. The normalized spacial score (nSPS) is 10.3. The fourth-order valence-electron chi connectivity index (χ4n) is 1.28. The van der Waals surface area contributed by atoms with E-state index >= 15 is 0 Å². The van der Waals surface area contributed by atoms with Crippen LogP contribution in [0.2, 0.25) is 0 Å². The third kappa shape index (κ3) is 3.92. The van der Waals surface area contributed by atoms with Gasteiger partial charge in [-0.1, -0.05) is 19.4 Å². The van der Waals surface area contributed by atoms with Crippen LogP contribution >= 0.6 is 23.2 Å². The van der Waals surface area contributed by atoms with Gasteiger partial charge in [-0.3, -0.25) is 0 Å². The number of ether oxygens (including phenoxy) is 1. The Labute approximate surface area is 101 Å². The molecule has 0 bridgehead atoms. The molecule has 3 heteroatoms. The van der Waals surface area contributed by atoms with Gasteiger partial charge in [0.15, 0.2) is 0 Å². The fraction of sp³-hybridized carbons (Fsp3) is 0.500. The molecule has 0 unspecified atom stereocenters. The topological polar surface area (TPSA) is 9.23 Å². The second kappa shape index (κ2) is 6.97. The van der Waals surface area contributed by atoms with Crippen LogP contribution < -0.4 is 4.74 Å². The molecule has 0 aliphatic carbocycles. The molecule has 0 radical (unpaired) electrons. The molecule has 0 aromatic heterocycles. The summed E-state index contributed by atoms with van der Waals surface area (Å²) in [5, 5.41) is 0. The molecule has 1 aromatic rings. The van der Waals surface area contributed by atoms with Crippen molar-refractivity contribution in [3.63, 3.8) is 0 Å². The van der Waals surface area contributed by atoms with Gasteiger partial charge in [0.05, 0.1) is 6.61 Å². The third-order valence-corrected chi connectivity index (χ3v) is 2.81. The Hall–Kier alpha value is -0.400. The summed E-state index contributed by atoms with van der Waals surface area (Å²) >= 11 is 11.6. The number of halogens is 2. The Morgan fingerprint density at radius 1 is 1.13 bits per heavy atom. The van der Waals surface area contributed by atoms with Gasteiger partial charge in [-0.25, -0.2) is 0 Å². The molecule has 0 fully saturated rings. The van der Waals surface area contributed by atoms with Gasteiger partial charge in [0.1, 0.15) is 5.75 Å². The zero-order valence-corrected chi connectivity index (χ0v) is 10.4. The van der Waals surface area contributed by atoms with Crippen molar-refractivity contribution in [2.45, 2.75) is 31.5 Å². The summed E-state index contributed by atoms with van der Waals surface area (Å²) < 4.78 is 5.59. The van der Waals surface area contributed by atoms with E-state index in [-0.39, 0.29) is 0 Å². The summed E-state index contributed by atoms with van der Waals surface area (Å²) in [7, 11) is 0. The van der Waals surface area contributed by atoms with Crippen LogP contribution in [0.25, 0.3) is 0 Å². The Balaban J connectivity index is 2.66. The summed E-state index contributed by atoms with van der Waals surface area (Å²) in [6.07, 6.45) is 2.22. The van der Waals surface area contributed by atoms with Crippen molar-refractivity contribution in [1.82, 2.24) is 0 Å². The maximum absolute atomic E-state index is 5.83. The van der Waals surface area contributed by atoms with E-state index in [1.165, 1.54) is 0 Å². The predicted octanol–water partition coefficient (Wildman–Crippen LogP) is 4.34. The molecule has 0 atom stereocenters. The molecular formula is C12H16Cl2O. The van der Waals surface area contributed by atoms with Crippen molar-refractivity contribution in [2.24, 2.45) is 0 Å². The van der Waals surface area contributed by atoms with E-state index in [0.29, 0.717) is 11.8 Å². The lowest BCUT2D eigenvalue weighted by Crippen LogP contribution is -1.98. The molecule has 1 rings (SSSR count). The highest BCUT2D eigenvalue weighted by Gasteiger charge is 2.02. The maximum atomic E-state index is 5.83. The lowest BCUT2D eigenvalue weighted by Gasteiger charge is -2.09. The van der Waals surface area contributed by atoms with Crippen LogP contribution in [0.4, 0.5) is 0 Å². The molecule has 84 valence electrons. The van der Waals surface area contributed by atoms with Gasteiger partial charge in [-0.15, -0.1) is 23.2 Å². The lowest BCUT2D eigenvalue weighted by molar-refractivity contribution is 0.309. The summed E-state index contributed by atoms with van der Waals surface area (Å²) in [5.41, 5.74) is 2.13. The standard InChI is InChI=1S/C12H16Cl2O/c1-2-3-6-15-12-5-4-10(8-13)11(7-12)9-14/h4-5,7H,2-3,6,8-9H2,1H3. The maximum Gasteiger partial charge on any atom is 0.119 e. The van der Waals surface area contributed by atoms with Crippen molar-refractivity contribution in [3.05, 3.63) is 29.3 Å². The minimum atomic E-state index is 0.479. The second-order valence-corrected chi connectivity index (χ2v) is 3.93. The van der Waals surface area contributed by atoms with Crippen molar-refractivity contribution in [2.75, 3.05) is 6.61 Å². The van der Waals surface area contributed by atoms with Gasteiger partial charge in [-0.05, 0) is 29.7 Å². The van der Waals surface area contributed by atoms with Crippen LogP contribution in [0.15, 0.2) is 18.2 Å². The minimum Gasteiger partial charge on any atom is -0.494 e. The Bertz CT molecular complexity index is 300. The van der Waals surface area contributed by atoms with Crippen LogP contribution in [0.5, 0.6) is 5.75 Å². The number of rotatable bonds is 6. The van der Waals surface area contributed by atoms with Crippen LogP contribution in [0.3, 0.4) is 0 Å². The van der Waals surface area contributed by atoms with Gasteiger partial charge in [0, 0.05) is 11.8 Å². The van der Waals surface area contributed by atoms with E-state index in [1.54, 1.807) is 0 Å². The first-order valence-corrected chi connectivity index (χ1v) is 6.25. The lowest BCUT2D eigenvalue weighted by atomic mass is 10.1. The summed E-state index contributed by atoms with van der Waals surface area (Å²) in [6.45, 7) is 2.91. The SMILES string of the molecule is CCCCOc1ccc(CCl)c(CCl)c1. The summed E-state index contributed by atoms with van der Waals surface area (Å²) in [6, 6.07) is 5.90. The zero-order valence-electron chi connectivity index (χ0n) is 8.93. The average molecular weight is 247 g/mol. The van der Waals surface area contributed by atoms with Crippen molar-refractivity contribution in [3.8, 4) is 5.75 Å². The smallest absolute Gasteiger partial charge is 0.119 e. The highest BCUT2D eigenvalue weighted by atomic mass is 35.5. The number of hydrogen-bond acceptors (Lipinski definition) is 1. The van der Waals surface area contributed by atoms with Gasteiger partial charge in [-0.2, -0.15) is 0 Å². The second-order valence-electron chi connectivity index (χ2n) is 3.40. The third-order valence-electron chi connectivity index (χ3n) is 2.23. The number of benzene rings is 1. The molecule has 0 N–H and O–H groups in total. The fourth-order valence-corrected chi connectivity index (χ4v) is 1.79. The monoisotopic (exact) mass is 246 g/mol. The molecule has 0 amide bonds. The first-order chi connectivity index (χ1) is 7.31. The Morgan fingerprint density at radius 2 is 1.87 bits per heavy atom. The van der Waals surface area contributed by atoms with Gasteiger partial charge < -0.3 is 4.74 Å². The first-order valence-electron chi connectivity index (χ1n) is 5.18. The van der Waals surface area contributed by atoms with Gasteiger partial charge >= 0.3 is 0 Å². The first kappa shape index (κ1) is 12.7. The van der Waals surface area contributed by atoms with Crippen LogP contribution in [0, 0.1) is 0 Å². The highest BCUT2D eigenvalue weighted by molar-refractivity contribution is 6.18. The van der Waals surface area contributed by atoms with E-state index in [0.717, 1.165) is 36.3 Å². The molecule has 0 saturated carbocycles. The predicted molar refractivity (Wildman–Crippen MR) is 66.0 cm³/mol. The molecule has 1 nitrogen and oxygen atoms in total. The van der Waals surface area contributed by atoms with Crippen LogP contribution in [-0.2, 0) is 11.8 Å². The minimum absolute atomic E-state index is 0.479. The molecule has 0 saturated heterocycles. The molecule has 0 spiro atoms. The van der Waals surface area contributed by atoms with Gasteiger partial charge in [0.25, 0.3) is 0 Å². The Kier molecular flexibility index (Phi) is 5.89. The molecule has 15 heavy (non-hydrogen) atoms. The van der Waals surface area contributed by atoms with E-state index in [4.69, 9.17) is 27.9 Å². The van der Waals surface area contributed by atoms with Crippen molar-refractivity contribution >= 4 is 23.2 Å². The molecule has 0 aliphatic heterocycles. The van der Waals surface area contributed by atoms with Crippen LogP contribution in [0.1, 0.15) is 30.9 Å². The Morgan fingerprint density at radius 3 is 2.47 bits per heavy atom. The van der Waals surface area contributed by atoms with E-state index in [2.05, 4.69) is 6.92 Å². The van der Waals surface area contributed by atoms with Gasteiger partial charge in [0.2, 0.25) is 0 Å². The van der Waals surface area contributed by atoms with E-state index < -0.39 is 0 Å². The quantitative estimate of drug-likeness (QED) is 0.536. The summed E-state index contributed by atoms with van der Waals surface area (Å²) in [5.74, 6) is 1.86. The van der Waals surface area contributed by atoms with E-state index in [1.807, 2.05) is 18.2 Å². The molecule has 0 heterocycles. The van der Waals surface area contributed by atoms with Crippen molar-refractivity contribution in [1.29, 1.82) is 0 Å². The average Bonchev–Trinajstić information content (AvgIpc) is 2.29. The van der Waals surface area contributed by atoms with Crippen LogP contribution in [-0.4, -0.2) is 6.61 Å². The zero-order chi connectivity index (χ0) is 11.1.